The van der Waals surface area contributed by atoms with Crippen LogP contribution < -0.4 is 0 Å². The Hall–Kier alpha value is -6.50. The van der Waals surface area contributed by atoms with E-state index in [0.29, 0.717) is 0 Å². The third kappa shape index (κ3) is 5.20. The molecule has 1 aliphatic carbocycles. The quantitative estimate of drug-likeness (QED) is 0.0951. The molecule has 0 heterocycles. The van der Waals surface area contributed by atoms with Gasteiger partial charge in [0.25, 0.3) is 0 Å². The maximum absolute atomic E-state index is 2.47. The van der Waals surface area contributed by atoms with Gasteiger partial charge in [-0.2, -0.15) is 0 Å². The summed E-state index contributed by atoms with van der Waals surface area (Å²) in [6.07, 6.45) is 6.41. The van der Waals surface area contributed by atoms with Crippen LogP contribution in [0.25, 0.3) is 93.2 Å². The van der Waals surface area contributed by atoms with Crippen molar-refractivity contribution in [1.29, 1.82) is 0 Å². The molecule has 0 fully saturated rings. The highest BCUT2D eigenvalue weighted by Gasteiger charge is 2.35. The fourth-order valence-electron chi connectivity index (χ4n) is 9.36. The molecular formula is C55H42. The molecule has 55 heavy (non-hydrogen) atoms. The van der Waals surface area contributed by atoms with Crippen molar-refractivity contribution in [3.05, 3.63) is 199 Å². The molecule has 0 aliphatic heterocycles. The summed E-state index contributed by atoms with van der Waals surface area (Å²) in [5, 5.41) is 10.1. The summed E-state index contributed by atoms with van der Waals surface area (Å²) in [6.45, 7) is 9.00. The van der Waals surface area contributed by atoms with Gasteiger partial charge in [0.1, 0.15) is 0 Å². The normalized spacial score (nSPS) is 13.6. The summed E-state index contributed by atoms with van der Waals surface area (Å²) in [5.41, 5.74) is 15.4. The van der Waals surface area contributed by atoms with Crippen LogP contribution in [-0.4, -0.2) is 0 Å². The number of hydrogen-bond acceptors (Lipinski definition) is 0. The number of hydrogen-bond donors (Lipinski definition) is 0. The zero-order valence-corrected chi connectivity index (χ0v) is 31.8. The Balaban J connectivity index is 1.30. The summed E-state index contributed by atoms with van der Waals surface area (Å²) in [6, 6.07) is 61.6. The summed E-state index contributed by atoms with van der Waals surface area (Å²) in [7, 11) is 0. The largest absolute Gasteiger partial charge is 0.0877 e. The highest BCUT2D eigenvalue weighted by Crippen LogP contribution is 2.51. The van der Waals surface area contributed by atoms with Gasteiger partial charge in [0, 0.05) is 5.41 Å². The van der Waals surface area contributed by atoms with Crippen LogP contribution in [0.2, 0.25) is 0 Å². The third-order valence-electron chi connectivity index (χ3n) is 12.1. The number of benzene rings is 9. The average Bonchev–Trinajstić information content (AvgIpc) is 3.46. The van der Waals surface area contributed by atoms with Crippen molar-refractivity contribution < 1.29 is 0 Å². The van der Waals surface area contributed by atoms with Crippen LogP contribution in [0.15, 0.2) is 182 Å². The van der Waals surface area contributed by atoms with Crippen molar-refractivity contribution in [2.75, 3.05) is 0 Å². The molecule has 0 atom stereocenters. The van der Waals surface area contributed by atoms with Gasteiger partial charge in [0.05, 0.1) is 0 Å². The van der Waals surface area contributed by atoms with E-state index in [9.17, 15) is 0 Å². The molecule has 0 N–H and O–H groups in total. The molecule has 0 aromatic heterocycles. The molecule has 262 valence electrons. The first-order valence-corrected chi connectivity index (χ1v) is 19.5. The van der Waals surface area contributed by atoms with Crippen LogP contribution >= 0.6 is 0 Å². The first-order chi connectivity index (χ1) is 26.9. The van der Waals surface area contributed by atoms with Crippen LogP contribution in [0.1, 0.15) is 44.4 Å². The second kappa shape index (κ2) is 12.8. The first kappa shape index (κ1) is 33.1. The fraction of sp³-hybridized carbons (Fsp3) is 0.0909. The molecule has 0 bridgehead atoms. The SMILES string of the molecule is C/C=C\C=C(/C)c1cccc(-c2c3ccccc3c(-c3cc4ccccc4c4ccccc34)c3cc(-c4ccc5c(c4)C(C)(C)c4ccccc4-5)ccc23)c1. The monoisotopic (exact) mass is 702 g/mol. The molecule has 0 unspecified atom stereocenters. The van der Waals surface area contributed by atoms with E-state index in [1.165, 1.54) is 110 Å². The van der Waals surface area contributed by atoms with Gasteiger partial charge in [-0.25, -0.2) is 0 Å². The minimum Gasteiger partial charge on any atom is -0.0877 e. The van der Waals surface area contributed by atoms with Crippen molar-refractivity contribution in [1.82, 2.24) is 0 Å². The molecule has 0 nitrogen and oxygen atoms in total. The lowest BCUT2D eigenvalue weighted by molar-refractivity contribution is 0.660. The first-order valence-electron chi connectivity index (χ1n) is 19.5. The molecule has 1 aliphatic rings. The van der Waals surface area contributed by atoms with Crippen molar-refractivity contribution in [2.24, 2.45) is 0 Å². The Bertz CT molecular complexity index is 3070. The highest BCUT2D eigenvalue weighted by atomic mass is 14.4. The summed E-state index contributed by atoms with van der Waals surface area (Å²) in [5.74, 6) is 0. The van der Waals surface area contributed by atoms with Crippen molar-refractivity contribution in [3.63, 3.8) is 0 Å². The van der Waals surface area contributed by atoms with Gasteiger partial charge >= 0.3 is 0 Å². The van der Waals surface area contributed by atoms with Gasteiger partial charge in [-0.3, -0.25) is 0 Å². The molecular weight excluding hydrogens is 661 g/mol. The van der Waals surface area contributed by atoms with E-state index in [1.54, 1.807) is 0 Å². The molecule has 0 spiro atoms. The predicted molar refractivity (Wildman–Crippen MR) is 239 cm³/mol. The summed E-state index contributed by atoms with van der Waals surface area (Å²) in [4.78, 5) is 0. The van der Waals surface area contributed by atoms with Gasteiger partial charge in [0.15, 0.2) is 0 Å². The van der Waals surface area contributed by atoms with Gasteiger partial charge in [0.2, 0.25) is 0 Å². The van der Waals surface area contributed by atoms with Gasteiger partial charge in [-0.1, -0.05) is 172 Å². The summed E-state index contributed by atoms with van der Waals surface area (Å²) < 4.78 is 0. The standard InChI is InChI=1S/C55H42/c1-5-6-16-35(2)36-18-15-19-40(31-36)53-46-24-11-12-25-47(46)54(49-33-39-17-7-8-20-41(39)42-21-9-10-22-43(42)49)50-32-37(28-30-48(50)53)38-27-29-45-44-23-13-14-26-51(44)55(3,4)52(45)34-38/h5-34H,1-4H3/b6-5-,35-16+. The fourth-order valence-corrected chi connectivity index (χ4v) is 9.36. The third-order valence-corrected chi connectivity index (χ3v) is 12.1. The van der Waals surface area contributed by atoms with E-state index in [4.69, 9.17) is 0 Å². The molecule has 0 amide bonds. The van der Waals surface area contributed by atoms with Crippen molar-refractivity contribution in [3.8, 4) is 44.5 Å². The molecule has 9 aromatic carbocycles. The smallest absolute Gasteiger partial charge is 0.0159 e. The zero-order chi connectivity index (χ0) is 37.3. The van der Waals surface area contributed by atoms with Gasteiger partial charge < -0.3 is 0 Å². The Morgan fingerprint density at radius 1 is 0.436 bits per heavy atom. The van der Waals surface area contributed by atoms with Crippen molar-refractivity contribution in [2.45, 2.75) is 33.1 Å². The molecule has 0 saturated carbocycles. The molecule has 10 rings (SSSR count). The van der Waals surface area contributed by atoms with Crippen LogP contribution in [0, 0.1) is 0 Å². The Kier molecular flexibility index (Phi) is 7.72. The van der Waals surface area contributed by atoms with E-state index in [-0.39, 0.29) is 5.41 Å². The van der Waals surface area contributed by atoms with E-state index in [2.05, 4.69) is 210 Å². The maximum Gasteiger partial charge on any atom is 0.0159 e. The summed E-state index contributed by atoms with van der Waals surface area (Å²) >= 11 is 0. The van der Waals surface area contributed by atoms with Crippen LogP contribution in [0.4, 0.5) is 0 Å². The van der Waals surface area contributed by atoms with Crippen molar-refractivity contribution >= 4 is 48.7 Å². The Morgan fingerprint density at radius 2 is 1.07 bits per heavy atom. The lowest BCUT2D eigenvalue weighted by atomic mass is 9.81. The van der Waals surface area contributed by atoms with E-state index < -0.39 is 0 Å². The molecule has 0 saturated heterocycles. The number of rotatable bonds is 5. The second-order valence-electron chi connectivity index (χ2n) is 15.6. The topological polar surface area (TPSA) is 0 Å². The predicted octanol–water partition coefficient (Wildman–Crippen LogP) is 15.6. The van der Waals surface area contributed by atoms with Crippen LogP contribution in [0.3, 0.4) is 0 Å². The molecule has 9 aromatic rings. The Morgan fingerprint density at radius 3 is 1.89 bits per heavy atom. The second-order valence-corrected chi connectivity index (χ2v) is 15.6. The maximum atomic E-state index is 2.47. The van der Waals surface area contributed by atoms with Gasteiger partial charge in [-0.15, -0.1) is 0 Å². The molecule has 0 radical (unpaired) electrons. The van der Waals surface area contributed by atoms with E-state index in [1.807, 2.05) is 0 Å². The highest BCUT2D eigenvalue weighted by molar-refractivity contribution is 6.26. The Labute approximate surface area is 323 Å². The average molecular weight is 703 g/mol. The van der Waals surface area contributed by atoms with E-state index in [0.717, 1.165) is 0 Å². The van der Waals surface area contributed by atoms with Gasteiger partial charge in [-0.05, 0) is 148 Å². The minimum absolute atomic E-state index is 0.0676. The zero-order valence-electron chi connectivity index (χ0n) is 31.8. The minimum atomic E-state index is -0.0676. The lowest BCUT2D eigenvalue weighted by Crippen LogP contribution is -2.14. The molecule has 0 heteroatoms. The van der Waals surface area contributed by atoms with Crippen LogP contribution in [0.5, 0.6) is 0 Å². The van der Waals surface area contributed by atoms with Crippen LogP contribution in [-0.2, 0) is 5.41 Å². The van der Waals surface area contributed by atoms with E-state index >= 15 is 0 Å². The number of allylic oxidation sites excluding steroid dienone is 4. The number of fused-ring (bicyclic) bond motifs is 8. The lowest BCUT2D eigenvalue weighted by Gasteiger charge is -2.22.